The molecule has 0 unspecified atom stereocenters. The summed E-state index contributed by atoms with van der Waals surface area (Å²) in [5.41, 5.74) is 12.4. The molecule has 7 rings (SSSR count). The van der Waals surface area contributed by atoms with E-state index in [1.54, 1.807) is 12.4 Å². The standard InChI is InChI=1S/C31H23N7O/c1-2-6-20(7-3-1)19-39-23-10-21(13-32-15-23)22-11-25-29(35-14-22)18-36-38-31(25)28-12-24-26(16-33-17-30(24)37-28)27-8-4-5-9-34-27/h1-17,36-37H,18-19H2. The SMILES string of the molecule is c1ccc(COc2cncc(-c3cnc4c(c3)C(c3cc5c(-c6ccccn6)cncc5[nH]3)=NNC4)c2)cc1. The Morgan fingerprint density at radius 2 is 1.64 bits per heavy atom. The molecule has 2 N–H and O–H groups in total. The van der Waals surface area contributed by atoms with E-state index in [1.165, 1.54) is 0 Å². The van der Waals surface area contributed by atoms with E-state index in [4.69, 9.17) is 9.72 Å². The summed E-state index contributed by atoms with van der Waals surface area (Å²) in [4.78, 5) is 21.6. The second-order valence-electron chi connectivity index (χ2n) is 9.24. The number of pyridine rings is 4. The molecule has 1 aliphatic rings. The molecule has 39 heavy (non-hydrogen) atoms. The van der Waals surface area contributed by atoms with Crippen molar-refractivity contribution < 1.29 is 4.74 Å². The van der Waals surface area contributed by atoms with Crippen LogP contribution in [0.2, 0.25) is 0 Å². The second-order valence-corrected chi connectivity index (χ2v) is 9.24. The zero-order chi connectivity index (χ0) is 26.0. The molecule has 0 fully saturated rings. The van der Waals surface area contributed by atoms with Gasteiger partial charge in [-0.1, -0.05) is 36.4 Å². The van der Waals surface area contributed by atoms with Gasteiger partial charge in [-0.15, -0.1) is 0 Å². The van der Waals surface area contributed by atoms with Crippen molar-refractivity contribution in [1.82, 2.24) is 30.3 Å². The molecule has 1 aliphatic heterocycles. The molecule has 8 heteroatoms. The number of H-pyrrole nitrogens is 1. The number of fused-ring (bicyclic) bond motifs is 2. The van der Waals surface area contributed by atoms with Gasteiger partial charge in [-0.2, -0.15) is 5.10 Å². The van der Waals surface area contributed by atoms with Crippen molar-refractivity contribution in [2.45, 2.75) is 13.2 Å². The van der Waals surface area contributed by atoms with Crippen molar-refractivity contribution in [1.29, 1.82) is 0 Å². The smallest absolute Gasteiger partial charge is 0.138 e. The molecule has 5 aromatic heterocycles. The summed E-state index contributed by atoms with van der Waals surface area (Å²) in [6, 6.07) is 22.2. The average molecular weight is 510 g/mol. The lowest BCUT2D eigenvalue weighted by Gasteiger charge is -2.17. The molecule has 6 aromatic rings. The molecule has 0 atom stereocenters. The molecule has 1 aromatic carbocycles. The summed E-state index contributed by atoms with van der Waals surface area (Å²) in [6.07, 6.45) is 10.9. The molecule has 0 spiro atoms. The monoisotopic (exact) mass is 509 g/mol. The summed E-state index contributed by atoms with van der Waals surface area (Å²) in [5.74, 6) is 0.704. The second kappa shape index (κ2) is 9.83. The predicted octanol–water partition coefficient (Wildman–Crippen LogP) is 5.52. The molecule has 0 saturated heterocycles. The molecule has 0 bridgehead atoms. The van der Waals surface area contributed by atoms with Crippen LogP contribution in [0.15, 0.2) is 109 Å². The number of benzene rings is 1. The minimum absolute atomic E-state index is 0.479. The Kier molecular flexibility index (Phi) is 5.75. The van der Waals surface area contributed by atoms with Gasteiger partial charge in [0.05, 0.1) is 41.5 Å². The van der Waals surface area contributed by atoms with Crippen LogP contribution in [0.4, 0.5) is 0 Å². The highest BCUT2D eigenvalue weighted by Crippen LogP contribution is 2.30. The molecule has 8 nitrogen and oxygen atoms in total. The molecular weight excluding hydrogens is 486 g/mol. The molecule has 188 valence electrons. The van der Waals surface area contributed by atoms with E-state index >= 15 is 0 Å². The maximum Gasteiger partial charge on any atom is 0.138 e. The van der Waals surface area contributed by atoms with Crippen molar-refractivity contribution in [3.8, 4) is 28.1 Å². The molecule has 0 saturated carbocycles. The highest BCUT2D eigenvalue weighted by atomic mass is 16.5. The normalized spacial score (nSPS) is 12.5. The van der Waals surface area contributed by atoms with Gasteiger partial charge in [-0.3, -0.25) is 19.9 Å². The van der Waals surface area contributed by atoms with Gasteiger partial charge in [-0.25, -0.2) is 0 Å². The highest BCUT2D eigenvalue weighted by molar-refractivity contribution is 6.15. The van der Waals surface area contributed by atoms with E-state index in [0.29, 0.717) is 18.9 Å². The van der Waals surface area contributed by atoms with Crippen LogP contribution in [0.3, 0.4) is 0 Å². The summed E-state index contributed by atoms with van der Waals surface area (Å²) >= 11 is 0. The molecule has 0 aliphatic carbocycles. The van der Waals surface area contributed by atoms with Crippen molar-refractivity contribution in [3.05, 3.63) is 126 Å². The third kappa shape index (κ3) is 4.48. The first-order chi connectivity index (χ1) is 19.3. The fourth-order valence-electron chi connectivity index (χ4n) is 4.76. The Morgan fingerprint density at radius 1 is 0.769 bits per heavy atom. The van der Waals surface area contributed by atoms with Crippen LogP contribution in [-0.2, 0) is 13.2 Å². The van der Waals surface area contributed by atoms with Crippen LogP contribution in [0.5, 0.6) is 5.75 Å². The third-order valence-corrected chi connectivity index (χ3v) is 6.70. The van der Waals surface area contributed by atoms with Crippen LogP contribution in [0, 0.1) is 0 Å². The lowest BCUT2D eigenvalue weighted by Crippen LogP contribution is -2.22. The van der Waals surface area contributed by atoms with Gasteiger partial charge in [-0.05, 0) is 35.9 Å². The Bertz CT molecular complexity index is 1810. The third-order valence-electron chi connectivity index (χ3n) is 6.70. The van der Waals surface area contributed by atoms with Gasteiger partial charge >= 0.3 is 0 Å². The minimum Gasteiger partial charge on any atom is -0.487 e. The first-order valence-corrected chi connectivity index (χ1v) is 12.6. The van der Waals surface area contributed by atoms with Gasteiger partial charge in [0, 0.05) is 52.4 Å². The molecule has 0 radical (unpaired) electrons. The predicted molar refractivity (Wildman–Crippen MR) is 150 cm³/mol. The topological polar surface area (TPSA) is 101 Å². The number of hydrogen-bond donors (Lipinski definition) is 2. The fraction of sp³-hybridized carbons (Fsp3) is 0.0645. The number of nitrogens with zero attached hydrogens (tertiary/aromatic N) is 5. The lowest BCUT2D eigenvalue weighted by molar-refractivity contribution is 0.305. The number of nitrogens with one attached hydrogen (secondary N) is 2. The highest BCUT2D eigenvalue weighted by Gasteiger charge is 2.21. The van der Waals surface area contributed by atoms with Crippen molar-refractivity contribution >= 4 is 16.6 Å². The first kappa shape index (κ1) is 22.8. The van der Waals surface area contributed by atoms with Crippen LogP contribution < -0.4 is 10.2 Å². The maximum atomic E-state index is 6.01. The van der Waals surface area contributed by atoms with E-state index < -0.39 is 0 Å². The van der Waals surface area contributed by atoms with E-state index in [2.05, 4.69) is 42.6 Å². The van der Waals surface area contributed by atoms with E-state index in [1.807, 2.05) is 79.4 Å². The summed E-state index contributed by atoms with van der Waals surface area (Å²) in [5, 5.41) is 5.71. The lowest BCUT2D eigenvalue weighted by atomic mass is 9.99. The summed E-state index contributed by atoms with van der Waals surface area (Å²) in [7, 11) is 0. The van der Waals surface area contributed by atoms with Crippen molar-refractivity contribution in [3.63, 3.8) is 0 Å². The molecular formula is C31H23N7O. The van der Waals surface area contributed by atoms with Gasteiger partial charge in [0.15, 0.2) is 0 Å². The van der Waals surface area contributed by atoms with Crippen molar-refractivity contribution in [2.24, 2.45) is 5.10 Å². The Hall–Kier alpha value is -5.37. The summed E-state index contributed by atoms with van der Waals surface area (Å²) in [6.45, 7) is 1.03. The quantitative estimate of drug-likeness (QED) is 0.307. The van der Waals surface area contributed by atoms with Gasteiger partial charge in [0.1, 0.15) is 18.1 Å². The fourth-order valence-corrected chi connectivity index (χ4v) is 4.76. The Labute approximate surface area is 224 Å². The van der Waals surface area contributed by atoms with Gasteiger partial charge in [0.25, 0.3) is 0 Å². The average Bonchev–Trinajstić information content (AvgIpc) is 3.45. The maximum absolute atomic E-state index is 6.01. The van der Waals surface area contributed by atoms with E-state index in [-0.39, 0.29) is 0 Å². The van der Waals surface area contributed by atoms with Gasteiger partial charge < -0.3 is 15.1 Å². The summed E-state index contributed by atoms with van der Waals surface area (Å²) < 4.78 is 6.01. The number of rotatable bonds is 6. The van der Waals surface area contributed by atoms with Crippen LogP contribution in [0.1, 0.15) is 22.5 Å². The number of hydrazone groups is 1. The first-order valence-electron chi connectivity index (χ1n) is 12.6. The minimum atomic E-state index is 0.479. The Morgan fingerprint density at radius 3 is 2.54 bits per heavy atom. The van der Waals surface area contributed by atoms with Crippen LogP contribution in [0.25, 0.3) is 33.3 Å². The molecule has 6 heterocycles. The zero-order valence-electron chi connectivity index (χ0n) is 20.9. The number of aromatic amines is 1. The van der Waals surface area contributed by atoms with Crippen molar-refractivity contribution in [2.75, 3.05) is 0 Å². The van der Waals surface area contributed by atoms with Crippen LogP contribution in [-0.4, -0.2) is 30.6 Å². The Balaban J connectivity index is 1.22. The number of ether oxygens (including phenoxy) is 1. The van der Waals surface area contributed by atoms with E-state index in [0.717, 1.165) is 61.5 Å². The zero-order valence-corrected chi connectivity index (χ0v) is 20.9. The van der Waals surface area contributed by atoms with Crippen LogP contribution >= 0.6 is 0 Å². The van der Waals surface area contributed by atoms with Gasteiger partial charge in [0.2, 0.25) is 0 Å². The number of hydrogen-bond acceptors (Lipinski definition) is 7. The largest absolute Gasteiger partial charge is 0.487 e. The van der Waals surface area contributed by atoms with E-state index in [9.17, 15) is 0 Å². The molecule has 0 amide bonds. The number of aromatic nitrogens is 5.